The van der Waals surface area contributed by atoms with Gasteiger partial charge in [-0.15, -0.1) is 0 Å². The first-order valence-corrected chi connectivity index (χ1v) is 11.7. The summed E-state index contributed by atoms with van der Waals surface area (Å²) in [5.74, 6) is 3.00. The number of amides is 1. The highest BCUT2D eigenvalue weighted by Crippen LogP contribution is 2.25. The predicted octanol–water partition coefficient (Wildman–Crippen LogP) is 4.13. The van der Waals surface area contributed by atoms with Crippen LogP contribution in [0.15, 0.2) is 48.5 Å². The van der Waals surface area contributed by atoms with Gasteiger partial charge in [-0.3, -0.25) is 9.69 Å². The Morgan fingerprint density at radius 2 is 1.50 bits per heavy atom. The molecule has 0 unspecified atom stereocenters. The van der Waals surface area contributed by atoms with E-state index in [1.165, 1.54) is 12.0 Å². The van der Waals surface area contributed by atoms with Crippen LogP contribution in [0.1, 0.15) is 24.8 Å². The largest absolute Gasteiger partial charge is 0.484 e. The monoisotopic (exact) mass is 438 g/mol. The molecule has 0 N–H and O–H groups in total. The topological polar surface area (TPSA) is 51.2 Å². The first-order valence-electron chi connectivity index (χ1n) is 11.7. The summed E-state index contributed by atoms with van der Waals surface area (Å²) in [7, 11) is 0. The standard InChI is InChI=1S/C26H34N2O4/c1-21-2-4-24(5-3-21)32-25-8-6-23(7-9-25)31-20-26(29)28-14-11-22(12-15-28)10-13-27-16-18-30-19-17-27/h2-9,22H,10-20H2,1H3. The number of carbonyl (C=O) groups excluding carboxylic acids is 1. The van der Waals surface area contributed by atoms with Crippen LogP contribution in [0.25, 0.3) is 0 Å². The number of nitrogens with zero attached hydrogens (tertiary/aromatic N) is 2. The number of hydrogen-bond acceptors (Lipinski definition) is 5. The van der Waals surface area contributed by atoms with Gasteiger partial charge in [-0.25, -0.2) is 0 Å². The zero-order chi connectivity index (χ0) is 22.2. The van der Waals surface area contributed by atoms with E-state index in [4.69, 9.17) is 14.2 Å². The maximum Gasteiger partial charge on any atom is 0.260 e. The van der Waals surface area contributed by atoms with Gasteiger partial charge in [0.15, 0.2) is 6.61 Å². The number of likely N-dealkylation sites (tertiary alicyclic amines) is 1. The summed E-state index contributed by atoms with van der Waals surface area (Å²) in [6, 6.07) is 15.3. The third kappa shape index (κ3) is 6.71. The van der Waals surface area contributed by atoms with E-state index < -0.39 is 0 Å². The number of aryl methyl sites for hydroxylation is 1. The third-order valence-corrected chi connectivity index (χ3v) is 6.37. The molecule has 172 valence electrons. The van der Waals surface area contributed by atoms with Crippen molar-refractivity contribution in [3.63, 3.8) is 0 Å². The van der Waals surface area contributed by atoms with E-state index in [9.17, 15) is 4.79 Å². The fourth-order valence-electron chi connectivity index (χ4n) is 4.24. The molecule has 2 aliphatic heterocycles. The number of rotatable bonds is 8. The van der Waals surface area contributed by atoms with Crippen LogP contribution in [0.3, 0.4) is 0 Å². The highest BCUT2D eigenvalue weighted by molar-refractivity contribution is 5.77. The first kappa shape index (κ1) is 22.6. The Morgan fingerprint density at radius 3 is 2.16 bits per heavy atom. The minimum absolute atomic E-state index is 0.0663. The zero-order valence-electron chi connectivity index (χ0n) is 19.0. The van der Waals surface area contributed by atoms with Crippen molar-refractivity contribution in [2.75, 3.05) is 52.5 Å². The molecule has 0 saturated carbocycles. The summed E-state index contributed by atoms with van der Waals surface area (Å²) >= 11 is 0. The second kappa shape index (κ2) is 11.3. The molecule has 6 nitrogen and oxygen atoms in total. The maximum absolute atomic E-state index is 12.6. The molecule has 0 spiro atoms. The Bertz CT molecular complexity index is 839. The van der Waals surface area contributed by atoms with Crippen molar-refractivity contribution < 1.29 is 19.0 Å². The Morgan fingerprint density at radius 1 is 0.906 bits per heavy atom. The predicted molar refractivity (Wildman–Crippen MR) is 124 cm³/mol. The third-order valence-electron chi connectivity index (χ3n) is 6.37. The number of carbonyl (C=O) groups is 1. The van der Waals surface area contributed by atoms with Crippen molar-refractivity contribution in [2.45, 2.75) is 26.2 Å². The normalized spacial score (nSPS) is 17.8. The Balaban J connectivity index is 1.15. The smallest absolute Gasteiger partial charge is 0.260 e. The van der Waals surface area contributed by atoms with E-state index in [-0.39, 0.29) is 12.5 Å². The van der Waals surface area contributed by atoms with E-state index in [1.54, 1.807) is 0 Å². The summed E-state index contributed by atoms with van der Waals surface area (Å²) in [4.78, 5) is 17.0. The van der Waals surface area contributed by atoms with Crippen LogP contribution in [-0.2, 0) is 9.53 Å². The Labute approximate surface area is 191 Å². The van der Waals surface area contributed by atoms with Crippen LogP contribution in [0.2, 0.25) is 0 Å². The second-order valence-corrected chi connectivity index (χ2v) is 8.74. The first-order chi connectivity index (χ1) is 15.7. The van der Waals surface area contributed by atoms with Crippen LogP contribution in [-0.4, -0.2) is 68.3 Å². The van der Waals surface area contributed by atoms with Gasteiger partial charge in [0.05, 0.1) is 13.2 Å². The highest BCUT2D eigenvalue weighted by Gasteiger charge is 2.23. The average molecular weight is 439 g/mol. The second-order valence-electron chi connectivity index (χ2n) is 8.74. The van der Waals surface area contributed by atoms with Gasteiger partial charge in [0.25, 0.3) is 5.91 Å². The van der Waals surface area contributed by atoms with Crippen molar-refractivity contribution in [2.24, 2.45) is 5.92 Å². The molecule has 2 aliphatic rings. The van der Waals surface area contributed by atoms with E-state index in [2.05, 4.69) is 4.90 Å². The molecule has 2 saturated heterocycles. The number of benzene rings is 2. The molecule has 2 aromatic carbocycles. The highest BCUT2D eigenvalue weighted by atomic mass is 16.5. The van der Waals surface area contributed by atoms with Crippen LogP contribution in [0, 0.1) is 12.8 Å². The van der Waals surface area contributed by atoms with Crippen molar-refractivity contribution in [3.8, 4) is 17.2 Å². The zero-order valence-corrected chi connectivity index (χ0v) is 19.0. The average Bonchev–Trinajstić information content (AvgIpc) is 2.84. The number of piperidine rings is 1. The summed E-state index contributed by atoms with van der Waals surface area (Å²) in [5, 5.41) is 0. The molecular formula is C26H34N2O4. The summed E-state index contributed by atoms with van der Waals surface area (Å²) in [5.41, 5.74) is 1.20. The maximum atomic E-state index is 12.6. The van der Waals surface area contributed by atoms with E-state index in [0.29, 0.717) is 11.7 Å². The fourth-order valence-corrected chi connectivity index (χ4v) is 4.24. The van der Waals surface area contributed by atoms with Crippen LogP contribution < -0.4 is 9.47 Å². The lowest BCUT2D eigenvalue weighted by molar-refractivity contribution is -0.134. The lowest BCUT2D eigenvalue weighted by atomic mass is 9.93. The Kier molecular flexibility index (Phi) is 8.02. The summed E-state index contributed by atoms with van der Waals surface area (Å²) < 4.78 is 17.0. The molecule has 6 heteroatoms. The number of ether oxygens (including phenoxy) is 3. The van der Waals surface area contributed by atoms with Gasteiger partial charge in [0.1, 0.15) is 17.2 Å². The molecule has 0 aromatic heterocycles. The van der Waals surface area contributed by atoms with Gasteiger partial charge in [-0.1, -0.05) is 17.7 Å². The van der Waals surface area contributed by atoms with Gasteiger partial charge in [-0.05, 0) is 75.0 Å². The van der Waals surface area contributed by atoms with Crippen molar-refractivity contribution in [3.05, 3.63) is 54.1 Å². The van der Waals surface area contributed by atoms with Crippen LogP contribution in [0.5, 0.6) is 17.2 Å². The van der Waals surface area contributed by atoms with Gasteiger partial charge in [-0.2, -0.15) is 0 Å². The van der Waals surface area contributed by atoms with Crippen molar-refractivity contribution in [1.29, 1.82) is 0 Å². The molecule has 0 radical (unpaired) electrons. The van der Waals surface area contributed by atoms with Crippen LogP contribution >= 0.6 is 0 Å². The molecule has 0 aliphatic carbocycles. The minimum Gasteiger partial charge on any atom is -0.484 e. The van der Waals surface area contributed by atoms with E-state index >= 15 is 0 Å². The van der Waals surface area contributed by atoms with Gasteiger partial charge < -0.3 is 19.1 Å². The molecule has 4 rings (SSSR count). The minimum atomic E-state index is 0.0663. The van der Waals surface area contributed by atoms with Crippen LogP contribution in [0.4, 0.5) is 0 Å². The van der Waals surface area contributed by atoms with Gasteiger partial charge >= 0.3 is 0 Å². The van der Waals surface area contributed by atoms with Crippen molar-refractivity contribution in [1.82, 2.24) is 9.80 Å². The van der Waals surface area contributed by atoms with Gasteiger partial charge in [0, 0.05) is 26.2 Å². The SMILES string of the molecule is Cc1ccc(Oc2ccc(OCC(=O)N3CCC(CCN4CCOCC4)CC3)cc2)cc1. The molecule has 1 amide bonds. The van der Waals surface area contributed by atoms with E-state index in [1.807, 2.05) is 60.4 Å². The molecule has 2 fully saturated rings. The van der Waals surface area contributed by atoms with Crippen molar-refractivity contribution >= 4 is 5.91 Å². The molecule has 32 heavy (non-hydrogen) atoms. The molecule has 0 bridgehead atoms. The summed E-state index contributed by atoms with van der Waals surface area (Å²) in [6.45, 7) is 8.75. The van der Waals surface area contributed by atoms with Gasteiger partial charge in [0.2, 0.25) is 0 Å². The molecule has 2 heterocycles. The number of morpholine rings is 1. The Hall–Kier alpha value is -2.57. The molecular weight excluding hydrogens is 404 g/mol. The molecule has 2 aromatic rings. The summed E-state index contributed by atoms with van der Waals surface area (Å²) in [6.07, 6.45) is 3.39. The lowest BCUT2D eigenvalue weighted by Gasteiger charge is -2.34. The fraction of sp³-hybridized carbons (Fsp3) is 0.500. The van der Waals surface area contributed by atoms with E-state index in [0.717, 1.165) is 70.3 Å². The lowest BCUT2D eigenvalue weighted by Crippen LogP contribution is -2.42. The number of hydrogen-bond donors (Lipinski definition) is 0. The quantitative estimate of drug-likeness (QED) is 0.620. The molecule has 0 atom stereocenters.